The molecule has 0 spiro atoms. The maximum atomic E-state index is 13.9. The van der Waals surface area contributed by atoms with Crippen LogP contribution in [0.4, 0.5) is 4.39 Å². The molecule has 0 radical (unpaired) electrons. The summed E-state index contributed by atoms with van der Waals surface area (Å²) >= 11 is 0. The van der Waals surface area contributed by atoms with Gasteiger partial charge in [-0.3, -0.25) is 0 Å². The highest BCUT2D eigenvalue weighted by Crippen LogP contribution is 2.26. The molecule has 3 atom stereocenters. The number of nitrogens with zero attached hydrogens (tertiary/aromatic N) is 1. The first kappa shape index (κ1) is 16.4. The molecule has 1 fully saturated rings. The van der Waals surface area contributed by atoms with Crippen molar-refractivity contribution in [1.82, 2.24) is 4.90 Å². The molecular formula is C18H29FN2. The Morgan fingerprint density at radius 3 is 2.76 bits per heavy atom. The lowest BCUT2D eigenvalue weighted by molar-refractivity contribution is 0.159. The summed E-state index contributed by atoms with van der Waals surface area (Å²) in [6, 6.07) is 7.35. The maximum absolute atomic E-state index is 13.9. The summed E-state index contributed by atoms with van der Waals surface area (Å²) in [5, 5.41) is 0. The SMILES string of the molecule is CCC1CCCCCN1CC(C)C(N)c1ccccc1F. The summed E-state index contributed by atoms with van der Waals surface area (Å²) in [5.74, 6) is 0.0776. The Labute approximate surface area is 128 Å². The Balaban J connectivity index is 2.02. The van der Waals surface area contributed by atoms with Crippen molar-refractivity contribution in [1.29, 1.82) is 0 Å². The molecule has 2 N–H and O–H groups in total. The van der Waals surface area contributed by atoms with Crippen LogP contribution in [0.3, 0.4) is 0 Å². The first-order chi connectivity index (χ1) is 10.1. The van der Waals surface area contributed by atoms with Crippen molar-refractivity contribution in [3.63, 3.8) is 0 Å². The number of hydrogen-bond acceptors (Lipinski definition) is 2. The van der Waals surface area contributed by atoms with E-state index < -0.39 is 0 Å². The zero-order chi connectivity index (χ0) is 15.2. The molecule has 0 bridgehead atoms. The van der Waals surface area contributed by atoms with E-state index in [2.05, 4.69) is 18.7 Å². The van der Waals surface area contributed by atoms with Crippen LogP contribution in [0.2, 0.25) is 0 Å². The van der Waals surface area contributed by atoms with Crippen molar-refractivity contribution in [2.24, 2.45) is 11.7 Å². The van der Waals surface area contributed by atoms with Gasteiger partial charge >= 0.3 is 0 Å². The summed E-state index contributed by atoms with van der Waals surface area (Å²) < 4.78 is 13.9. The van der Waals surface area contributed by atoms with E-state index in [4.69, 9.17) is 5.73 Å². The molecular weight excluding hydrogens is 263 g/mol. The fourth-order valence-electron chi connectivity index (χ4n) is 3.47. The first-order valence-corrected chi connectivity index (χ1v) is 8.37. The predicted octanol–water partition coefficient (Wildman–Crippen LogP) is 4.12. The minimum atomic E-state index is -0.230. The van der Waals surface area contributed by atoms with Crippen molar-refractivity contribution in [3.05, 3.63) is 35.6 Å². The van der Waals surface area contributed by atoms with Gasteiger partial charge in [0.15, 0.2) is 0 Å². The van der Waals surface area contributed by atoms with Crippen molar-refractivity contribution in [2.45, 2.75) is 58.0 Å². The van der Waals surface area contributed by atoms with Crippen LogP contribution in [0, 0.1) is 11.7 Å². The van der Waals surface area contributed by atoms with Crippen LogP contribution in [0.5, 0.6) is 0 Å². The van der Waals surface area contributed by atoms with Crippen molar-refractivity contribution < 1.29 is 4.39 Å². The number of likely N-dealkylation sites (tertiary alicyclic amines) is 1. The highest BCUT2D eigenvalue weighted by atomic mass is 19.1. The van der Waals surface area contributed by atoms with Gasteiger partial charge in [0, 0.05) is 24.2 Å². The van der Waals surface area contributed by atoms with E-state index in [0.717, 1.165) is 13.1 Å². The smallest absolute Gasteiger partial charge is 0.127 e. The number of rotatable bonds is 5. The monoisotopic (exact) mass is 292 g/mol. The molecule has 1 aromatic rings. The van der Waals surface area contributed by atoms with Gasteiger partial charge in [0.2, 0.25) is 0 Å². The van der Waals surface area contributed by atoms with Gasteiger partial charge in [-0.1, -0.05) is 44.9 Å². The maximum Gasteiger partial charge on any atom is 0.127 e. The molecule has 1 aliphatic heterocycles. The second-order valence-corrected chi connectivity index (χ2v) is 6.43. The third kappa shape index (κ3) is 4.27. The number of hydrogen-bond donors (Lipinski definition) is 1. The molecule has 0 aliphatic carbocycles. The van der Waals surface area contributed by atoms with Gasteiger partial charge in [-0.25, -0.2) is 4.39 Å². The van der Waals surface area contributed by atoms with Crippen LogP contribution in [0.1, 0.15) is 57.6 Å². The first-order valence-electron chi connectivity index (χ1n) is 8.37. The van der Waals surface area contributed by atoms with Gasteiger partial charge in [0.1, 0.15) is 5.82 Å². The van der Waals surface area contributed by atoms with Crippen LogP contribution in [0.15, 0.2) is 24.3 Å². The van der Waals surface area contributed by atoms with Crippen molar-refractivity contribution in [3.8, 4) is 0 Å². The van der Waals surface area contributed by atoms with Crippen molar-refractivity contribution in [2.75, 3.05) is 13.1 Å². The Hall–Kier alpha value is -0.930. The summed E-state index contributed by atoms with van der Waals surface area (Å²) in [7, 11) is 0. The minimum Gasteiger partial charge on any atom is -0.324 e. The molecule has 118 valence electrons. The molecule has 21 heavy (non-hydrogen) atoms. The molecule has 1 saturated heterocycles. The average Bonchev–Trinajstić information content (AvgIpc) is 2.72. The molecule has 0 amide bonds. The minimum absolute atomic E-state index is 0.181. The molecule has 1 aliphatic rings. The largest absolute Gasteiger partial charge is 0.324 e. The normalized spacial score (nSPS) is 23.5. The van der Waals surface area contributed by atoms with Crippen LogP contribution >= 0.6 is 0 Å². The summed E-state index contributed by atoms with van der Waals surface area (Å²) in [4.78, 5) is 2.58. The summed E-state index contributed by atoms with van der Waals surface area (Å²) in [6.07, 6.45) is 6.43. The Morgan fingerprint density at radius 1 is 1.29 bits per heavy atom. The van der Waals surface area contributed by atoms with E-state index in [0.29, 0.717) is 11.6 Å². The second-order valence-electron chi connectivity index (χ2n) is 6.43. The van der Waals surface area contributed by atoms with Gasteiger partial charge in [-0.15, -0.1) is 0 Å². The van der Waals surface area contributed by atoms with Gasteiger partial charge in [-0.2, -0.15) is 0 Å². The van der Waals surface area contributed by atoms with Crippen LogP contribution in [-0.4, -0.2) is 24.0 Å². The molecule has 0 aromatic heterocycles. The molecule has 0 saturated carbocycles. The summed E-state index contributed by atoms with van der Waals surface area (Å²) in [5.41, 5.74) is 6.96. The van der Waals surface area contributed by atoms with E-state index in [1.54, 1.807) is 6.07 Å². The lowest BCUT2D eigenvalue weighted by atomic mass is 9.93. The third-order valence-electron chi connectivity index (χ3n) is 4.87. The lowest BCUT2D eigenvalue weighted by Crippen LogP contribution is -2.40. The predicted molar refractivity (Wildman–Crippen MR) is 86.6 cm³/mol. The van der Waals surface area contributed by atoms with Crippen LogP contribution in [0.25, 0.3) is 0 Å². The molecule has 2 rings (SSSR count). The van der Waals surface area contributed by atoms with Gasteiger partial charge in [0.05, 0.1) is 0 Å². The topological polar surface area (TPSA) is 29.3 Å². The van der Waals surface area contributed by atoms with Gasteiger partial charge < -0.3 is 10.6 Å². The fourth-order valence-corrected chi connectivity index (χ4v) is 3.47. The highest BCUT2D eigenvalue weighted by Gasteiger charge is 2.25. The van der Waals surface area contributed by atoms with Crippen molar-refractivity contribution >= 4 is 0 Å². The second kappa shape index (κ2) is 7.90. The van der Waals surface area contributed by atoms with Gasteiger partial charge in [0.25, 0.3) is 0 Å². The molecule has 1 aromatic carbocycles. The van der Waals surface area contributed by atoms with E-state index in [1.807, 2.05) is 12.1 Å². The number of benzene rings is 1. The Kier molecular flexibility index (Phi) is 6.19. The molecule has 3 unspecified atom stereocenters. The third-order valence-corrected chi connectivity index (χ3v) is 4.87. The van der Waals surface area contributed by atoms with Crippen LogP contribution in [-0.2, 0) is 0 Å². The quantitative estimate of drug-likeness (QED) is 0.884. The zero-order valence-corrected chi connectivity index (χ0v) is 13.4. The standard InChI is InChI=1S/C18H29FN2/c1-3-15-9-5-4-8-12-21(15)13-14(2)18(20)16-10-6-7-11-17(16)19/h6-7,10-11,14-15,18H,3-5,8-9,12-13,20H2,1-2H3. The molecule has 2 nitrogen and oxygen atoms in total. The van der Waals surface area contributed by atoms with E-state index in [1.165, 1.54) is 38.2 Å². The highest BCUT2D eigenvalue weighted by molar-refractivity contribution is 5.21. The number of halogens is 1. The van der Waals surface area contributed by atoms with Crippen LogP contribution < -0.4 is 5.73 Å². The Morgan fingerprint density at radius 2 is 2.05 bits per heavy atom. The van der Waals surface area contributed by atoms with E-state index in [9.17, 15) is 4.39 Å². The molecule has 3 heteroatoms. The van der Waals surface area contributed by atoms with E-state index >= 15 is 0 Å². The van der Waals surface area contributed by atoms with E-state index in [-0.39, 0.29) is 17.8 Å². The Bertz CT molecular complexity index is 435. The number of nitrogens with two attached hydrogens (primary N) is 1. The zero-order valence-electron chi connectivity index (χ0n) is 13.4. The molecule has 1 heterocycles. The summed E-state index contributed by atoms with van der Waals surface area (Å²) in [6.45, 7) is 6.54. The van der Waals surface area contributed by atoms with Gasteiger partial charge in [-0.05, 0) is 37.8 Å². The lowest BCUT2D eigenvalue weighted by Gasteiger charge is -2.33. The average molecular weight is 292 g/mol. The fraction of sp³-hybridized carbons (Fsp3) is 0.667.